The van der Waals surface area contributed by atoms with E-state index in [1.165, 1.54) is 32.4 Å². The van der Waals surface area contributed by atoms with Crippen LogP contribution in [0, 0.1) is 0 Å². The Morgan fingerprint density at radius 3 is 2.59 bits per heavy atom. The number of nitrogens with one attached hydrogen (secondary N) is 1. The third-order valence-electron chi connectivity index (χ3n) is 3.86. The minimum Gasteiger partial charge on any atom is -0.484 e. The van der Waals surface area contributed by atoms with Gasteiger partial charge < -0.3 is 15.0 Å². The number of piperidine rings is 1. The highest BCUT2D eigenvalue weighted by molar-refractivity contribution is 6.30. The summed E-state index contributed by atoms with van der Waals surface area (Å²) in [4.78, 5) is 14.2. The molecule has 0 atom stereocenters. The number of carbonyl (C=O) groups excluding carboxylic acids is 1. The van der Waals surface area contributed by atoms with Crippen LogP contribution in [-0.2, 0) is 4.79 Å². The van der Waals surface area contributed by atoms with Crippen LogP contribution in [-0.4, -0.2) is 43.6 Å². The lowest BCUT2D eigenvalue weighted by Gasteiger charge is -2.26. The number of hydrogen-bond acceptors (Lipinski definition) is 3. The highest BCUT2D eigenvalue weighted by Crippen LogP contribution is 2.15. The number of nitrogens with zero attached hydrogens (tertiary/aromatic N) is 1. The van der Waals surface area contributed by atoms with Gasteiger partial charge in [0.1, 0.15) is 5.75 Å². The number of likely N-dealkylation sites (tertiary alicyclic amines) is 1. The molecule has 5 heteroatoms. The summed E-state index contributed by atoms with van der Waals surface area (Å²) < 4.78 is 5.40. The van der Waals surface area contributed by atoms with Gasteiger partial charge in [0, 0.05) is 11.6 Å². The van der Waals surface area contributed by atoms with E-state index < -0.39 is 0 Å². The van der Waals surface area contributed by atoms with E-state index >= 15 is 0 Å². The molecule has 2 rings (SSSR count). The van der Waals surface area contributed by atoms with Gasteiger partial charge in [-0.1, -0.05) is 18.0 Å². The highest BCUT2D eigenvalue weighted by Gasteiger charge is 2.09. The number of carbonyl (C=O) groups is 1. The summed E-state index contributed by atoms with van der Waals surface area (Å²) >= 11 is 5.79. The summed E-state index contributed by atoms with van der Waals surface area (Å²) in [5.74, 6) is 0.581. The van der Waals surface area contributed by atoms with Gasteiger partial charge in [0.25, 0.3) is 5.91 Å². The third kappa shape index (κ3) is 6.67. The maximum Gasteiger partial charge on any atom is 0.257 e. The van der Waals surface area contributed by atoms with Gasteiger partial charge in [-0.3, -0.25) is 4.79 Å². The van der Waals surface area contributed by atoms with Crippen molar-refractivity contribution in [1.82, 2.24) is 10.2 Å². The van der Waals surface area contributed by atoms with Crippen LogP contribution >= 0.6 is 11.6 Å². The normalized spacial score (nSPS) is 15.5. The molecule has 0 spiro atoms. The Morgan fingerprint density at radius 2 is 1.86 bits per heavy atom. The van der Waals surface area contributed by atoms with Crippen LogP contribution in [0.4, 0.5) is 0 Å². The molecular formula is C17H25ClN2O2. The molecule has 0 saturated carbocycles. The molecule has 0 aliphatic carbocycles. The number of unbranched alkanes of at least 4 members (excludes halogenated alkanes) is 1. The van der Waals surface area contributed by atoms with Crippen molar-refractivity contribution in [2.75, 3.05) is 32.8 Å². The van der Waals surface area contributed by atoms with Crippen molar-refractivity contribution in [2.45, 2.75) is 32.1 Å². The average molecular weight is 325 g/mol. The topological polar surface area (TPSA) is 41.6 Å². The first-order valence-corrected chi connectivity index (χ1v) is 8.49. The van der Waals surface area contributed by atoms with E-state index in [1.54, 1.807) is 24.3 Å². The molecule has 1 heterocycles. The largest absolute Gasteiger partial charge is 0.484 e. The predicted octanol–water partition coefficient (Wildman–Crippen LogP) is 3.10. The van der Waals surface area contributed by atoms with Crippen LogP contribution in [0.25, 0.3) is 0 Å². The lowest BCUT2D eigenvalue weighted by atomic mass is 10.1. The van der Waals surface area contributed by atoms with Crippen LogP contribution in [0.15, 0.2) is 24.3 Å². The third-order valence-corrected chi connectivity index (χ3v) is 4.11. The van der Waals surface area contributed by atoms with Crippen LogP contribution in [0.1, 0.15) is 32.1 Å². The zero-order chi connectivity index (χ0) is 15.6. The van der Waals surface area contributed by atoms with Gasteiger partial charge in [-0.2, -0.15) is 0 Å². The molecule has 1 fully saturated rings. The fraction of sp³-hybridized carbons (Fsp3) is 0.588. The first-order chi connectivity index (χ1) is 10.7. The quantitative estimate of drug-likeness (QED) is 0.747. The van der Waals surface area contributed by atoms with Gasteiger partial charge >= 0.3 is 0 Å². The molecule has 1 amide bonds. The number of halogens is 1. The van der Waals surface area contributed by atoms with Crippen LogP contribution < -0.4 is 10.1 Å². The summed E-state index contributed by atoms with van der Waals surface area (Å²) in [6.45, 7) is 4.39. The second-order valence-electron chi connectivity index (χ2n) is 5.70. The van der Waals surface area contributed by atoms with E-state index in [4.69, 9.17) is 16.3 Å². The summed E-state index contributed by atoms with van der Waals surface area (Å²) in [6, 6.07) is 7.01. The SMILES string of the molecule is O=C(COc1ccc(Cl)cc1)NCCCCN1CCCCC1. The Balaban J connectivity index is 1.49. The van der Waals surface area contributed by atoms with Gasteiger partial charge in [-0.05, 0) is 69.6 Å². The number of ether oxygens (including phenoxy) is 1. The van der Waals surface area contributed by atoms with E-state index in [0.717, 1.165) is 25.9 Å². The van der Waals surface area contributed by atoms with Gasteiger partial charge in [0.2, 0.25) is 0 Å². The van der Waals surface area contributed by atoms with Crippen molar-refractivity contribution in [1.29, 1.82) is 0 Å². The first kappa shape index (κ1) is 17.1. The smallest absolute Gasteiger partial charge is 0.257 e. The Labute approximate surface area is 137 Å². The molecule has 1 aromatic carbocycles. The minimum absolute atomic E-state index is 0.0494. The molecule has 0 aromatic heterocycles. The Morgan fingerprint density at radius 1 is 1.14 bits per heavy atom. The second-order valence-corrected chi connectivity index (χ2v) is 6.14. The van der Waals surface area contributed by atoms with Crippen LogP contribution in [0.5, 0.6) is 5.75 Å². The summed E-state index contributed by atoms with van der Waals surface area (Å²) in [5, 5.41) is 3.55. The molecule has 1 aromatic rings. The van der Waals surface area contributed by atoms with Crippen molar-refractivity contribution in [3.05, 3.63) is 29.3 Å². The van der Waals surface area contributed by atoms with E-state index in [9.17, 15) is 4.79 Å². The number of benzene rings is 1. The fourth-order valence-electron chi connectivity index (χ4n) is 2.60. The molecule has 122 valence electrons. The van der Waals surface area contributed by atoms with Gasteiger partial charge in [-0.15, -0.1) is 0 Å². The highest BCUT2D eigenvalue weighted by atomic mass is 35.5. The van der Waals surface area contributed by atoms with Gasteiger partial charge in [0.15, 0.2) is 6.61 Å². The molecule has 22 heavy (non-hydrogen) atoms. The standard InChI is InChI=1S/C17H25ClN2O2/c18-15-6-8-16(9-7-15)22-14-17(21)19-10-2-5-13-20-11-3-1-4-12-20/h6-9H,1-5,10-14H2,(H,19,21). The van der Waals surface area contributed by atoms with Crippen molar-refractivity contribution in [2.24, 2.45) is 0 Å². The number of rotatable bonds is 8. The second kappa shape index (κ2) is 9.70. The molecule has 1 N–H and O–H groups in total. The van der Waals surface area contributed by atoms with Crippen LogP contribution in [0.2, 0.25) is 5.02 Å². The van der Waals surface area contributed by atoms with Crippen molar-refractivity contribution < 1.29 is 9.53 Å². The summed E-state index contributed by atoms with van der Waals surface area (Å²) in [6.07, 6.45) is 6.19. The zero-order valence-electron chi connectivity index (χ0n) is 13.0. The summed E-state index contributed by atoms with van der Waals surface area (Å²) in [5.41, 5.74) is 0. The van der Waals surface area contributed by atoms with Crippen molar-refractivity contribution >= 4 is 17.5 Å². The molecule has 1 aliphatic heterocycles. The van der Waals surface area contributed by atoms with E-state index in [-0.39, 0.29) is 12.5 Å². The molecule has 0 unspecified atom stereocenters. The molecule has 1 aliphatic rings. The molecule has 0 radical (unpaired) electrons. The molecule has 1 saturated heterocycles. The lowest BCUT2D eigenvalue weighted by Crippen LogP contribution is -2.32. The van der Waals surface area contributed by atoms with E-state index in [2.05, 4.69) is 10.2 Å². The average Bonchev–Trinajstić information content (AvgIpc) is 2.55. The zero-order valence-corrected chi connectivity index (χ0v) is 13.8. The maximum absolute atomic E-state index is 11.7. The van der Waals surface area contributed by atoms with Crippen molar-refractivity contribution in [3.8, 4) is 5.75 Å². The van der Waals surface area contributed by atoms with Crippen molar-refractivity contribution in [3.63, 3.8) is 0 Å². The summed E-state index contributed by atoms with van der Waals surface area (Å²) in [7, 11) is 0. The molecular weight excluding hydrogens is 300 g/mol. The Kier molecular flexibility index (Phi) is 7.54. The monoisotopic (exact) mass is 324 g/mol. The fourth-order valence-corrected chi connectivity index (χ4v) is 2.73. The van der Waals surface area contributed by atoms with E-state index in [0.29, 0.717) is 10.8 Å². The van der Waals surface area contributed by atoms with Crippen LogP contribution in [0.3, 0.4) is 0 Å². The Bertz CT molecular complexity index is 444. The number of amides is 1. The minimum atomic E-state index is -0.0760. The Hall–Kier alpha value is -1.26. The molecule has 0 bridgehead atoms. The number of hydrogen-bond donors (Lipinski definition) is 1. The van der Waals surface area contributed by atoms with E-state index in [1.807, 2.05) is 0 Å². The van der Waals surface area contributed by atoms with Gasteiger partial charge in [0.05, 0.1) is 0 Å². The molecule has 4 nitrogen and oxygen atoms in total. The lowest BCUT2D eigenvalue weighted by molar-refractivity contribution is -0.123. The van der Waals surface area contributed by atoms with Gasteiger partial charge in [-0.25, -0.2) is 0 Å². The first-order valence-electron chi connectivity index (χ1n) is 8.11. The predicted molar refractivity (Wildman–Crippen MR) is 89.5 cm³/mol. The maximum atomic E-state index is 11.7.